The van der Waals surface area contributed by atoms with Crippen molar-refractivity contribution in [3.05, 3.63) is 18.1 Å². The number of hydrogen-bond acceptors (Lipinski definition) is 4. The molecule has 1 aromatic heterocycles. The minimum absolute atomic E-state index is 0.121. The first-order valence-corrected chi connectivity index (χ1v) is 6.16. The summed E-state index contributed by atoms with van der Waals surface area (Å²) < 4.78 is 0. The lowest BCUT2D eigenvalue weighted by Crippen LogP contribution is -2.39. The first kappa shape index (κ1) is 11.8. The molecule has 1 heterocycles. The summed E-state index contributed by atoms with van der Waals surface area (Å²) >= 11 is 0. The van der Waals surface area contributed by atoms with Crippen LogP contribution in [0, 0.1) is 0 Å². The third kappa shape index (κ3) is 3.15. The van der Waals surface area contributed by atoms with Crippen LogP contribution in [-0.4, -0.2) is 28.5 Å². The molecular formula is C12H18N4O. The van der Waals surface area contributed by atoms with E-state index in [-0.39, 0.29) is 5.91 Å². The zero-order valence-electron chi connectivity index (χ0n) is 10.1. The van der Waals surface area contributed by atoms with Crippen LogP contribution in [-0.2, 0) is 0 Å². The van der Waals surface area contributed by atoms with Gasteiger partial charge in [-0.05, 0) is 25.7 Å². The fraction of sp³-hybridized carbons (Fsp3) is 0.583. The molecule has 0 bridgehead atoms. The lowest BCUT2D eigenvalue weighted by atomic mass is 9.93. The van der Waals surface area contributed by atoms with Crippen LogP contribution in [0.25, 0.3) is 0 Å². The number of aromatic nitrogens is 2. The molecule has 0 atom stereocenters. The number of rotatable bonds is 5. The monoisotopic (exact) mass is 234 g/mol. The lowest BCUT2D eigenvalue weighted by molar-refractivity contribution is 0.0911. The van der Waals surface area contributed by atoms with Crippen molar-refractivity contribution >= 4 is 11.7 Å². The van der Waals surface area contributed by atoms with E-state index in [4.69, 9.17) is 0 Å². The summed E-state index contributed by atoms with van der Waals surface area (Å²) in [7, 11) is 0. The normalized spacial score (nSPS) is 15.1. The van der Waals surface area contributed by atoms with E-state index < -0.39 is 0 Å². The number of carbonyl (C=O) groups is 1. The summed E-state index contributed by atoms with van der Waals surface area (Å²) in [5, 5.41) is 6.05. The van der Waals surface area contributed by atoms with Gasteiger partial charge in [0.2, 0.25) is 0 Å². The van der Waals surface area contributed by atoms with Gasteiger partial charge in [-0.1, -0.05) is 6.92 Å². The molecule has 5 nitrogen and oxygen atoms in total. The molecule has 1 saturated carbocycles. The Labute approximate surface area is 101 Å². The van der Waals surface area contributed by atoms with E-state index in [0.29, 0.717) is 17.6 Å². The van der Waals surface area contributed by atoms with Crippen molar-refractivity contribution < 1.29 is 4.79 Å². The Morgan fingerprint density at radius 2 is 2.24 bits per heavy atom. The number of nitrogens with one attached hydrogen (secondary N) is 2. The lowest BCUT2D eigenvalue weighted by Gasteiger charge is -2.26. The fourth-order valence-corrected chi connectivity index (χ4v) is 1.60. The second-order valence-electron chi connectivity index (χ2n) is 4.31. The molecule has 0 spiro atoms. The molecule has 0 aliphatic heterocycles. The van der Waals surface area contributed by atoms with E-state index in [1.807, 2.05) is 0 Å². The Bertz CT molecular complexity index is 373. The molecule has 2 rings (SSSR count). The Hall–Kier alpha value is -1.65. The zero-order chi connectivity index (χ0) is 12.1. The first-order chi connectivity index (χ1) is 8.29. The van der Waals surface area contributed by atoms with E-state index in [0.717, 1.165) is 25.8 Å². The van der Waals surface area contributed by atoms with Gasteiger partial charge < -0.3 is 10.6 Å². The van der Waals surface area contributed by atoms with Gasteiger partial charge in [-0.15, -0.1) is 0 Å². The molecule has 0 aromatic carbocycles. The van der Waals surface area contributed by atoms with Crippen LogP contribution in [0.1, 0.15) is 43.1 Å². The van der Waals surface area contributed by atoms with Crippen LogP contribution < -0.4 is 10.6 Å². The van der Waals surface area contributed by atoms with Crippen LogP contribution in [0.5, 0.6) is 0 Å². The summed E-state index contributed by atoms with van der Waals surface area (Å²) in [6, 6.07) is 0.335. The summed E-state index contributed by atoms with van der Waals surface area (Å²) in [6.45, 7) is 2.95. The molecule has 17 heavy (non-hydrogen) atoms. The van der Waals surface area contributed by atoms with E-state index >= 15 is 0 Å². The number of hydrogen-bond donors (Lipinski definition) is 2. The van der Waals surface area contributed by atoms with Crippen LogP contribution in [0.2, 0.25) is 0 Å². The highest BCUT2D eigenvalue weighted by Crippen LogP contribution is 2.18. The van der Waals surface area contributed by atoms with Gasteiger partial charge in [0, 0.05) is 12.6 Å². The summed E-state index contributed by atoms with van der Waals surface area (Å²) in [6.07, 6.45) is 7.52. The maximum atomic E-state index is 11.7. The van der Waals surface area contributed by atoms with Crippen molar-refractivity contribution in [3.63, 3.8) is 0 Å². The maximum absolute atomic E-state index is 11.7. The van der Waals surface area contributed by atoms with Crippen molar-refractivity contribution in [2.24, 2.45) is 0 Å². The number of carbonyl (C=O) groups excluding carboxylic acids is 1. The molecule has 2 N–H and O–H groups in total. The molecule has 1 amide bonds. The van der Waals surface area contributed by atoms with Gasteiger partial charge >= 0.3 is 0 Å². The van der Waals surface area contributed by atoms with Gasteiger partial charge in [-0.2, -0.15) is 0 Å². The zero-order valence-corrected chi connectivity index (χ0v) is 10.1. The van der Waals surface area contributed by atoms with Crippen molar-refractivity contribution in [2.75, 3.05) is 11.9 Å². The molecule has 0 unspecified atom stereocenters. The molecule has 0 saturated heterocycles. The highest BCUT2D eigenvalue weighted by Gasteiger charge is 2.20. The summed E-state index contributed by atoms with van der Waals surface area (Å²) in [5.41, 5.74) is 0.388. The third-order valence-electron chi connectivity index (χ3n) is 2.88. The second-order valence-corrected chi connectivity index (χ2v) is 4.31. The number of nitrogens with zero attached hydrogens (tertiary/aromatic N) is 2. The molecule has 1 aromatic rings. The Morgan fingerprint density at radius 3 is 2.76 bits per heavy atom. The van der Waals surface area contributed by atoms with Crippen molar-refractivity contribution in [1.29, 1.82) is 0 Å². The average Bonchev–Trinajstić information content (AvgIpc) is 2.31. The Balaban J connectivity index is 1.89. The third-order valence-corrected chi connectivity index (χ3v) is 2.88. The van der Waals surface area contributed by atoms with Gasteiger partial charge in [0.15, 0.2) is 0 Å². The van der Waals surface area contributed by atoms with Crippen molar-refractivity contribution in [1.82, 2.24) is 15.3 Å². The van der Waals surface area contributed by atoms with Crippen molar-refractivity contribution in [2.45, 2.75) is 38.6 Å². The first-order valence-electron chi connectivity index (χ1n) is 6.16. The molecule has 92 valence electrons. The highest BCUT2D eigenvalue weighted by atomic mass is 16.1. The minimum atomic E-state index is -0.121. The standard InChI is InChI=1S/C12H18N4O/c1-2-6-13-11-8-14-10(7-15-11)12(17)16-9-4-3-5-9/h7-9H,2-6H2,1H3,(H,13,15)(H,16,17). The highest BCUT2D eigenvalue weighted by molar-refractivity contribution is 5.92. The number of anilines is 1. The molecular weight excluding hydrogens is 216 g/mol. The topological polar surface area (TPSA) is 66.9 Å². The minimum Gasteiger partial charge on any atom is -0.369 e. The molecule has 0 radical (unpaired) electrons. The Kier molecular flexibility index (Phi) is 3.90. The van der Waals surface area contributed by atoms with Gasteiger partial charge in [-0.25, -0.2) is 9.97 Å². The maximum Gasteiger partial charge on any atom is 0.271 e. The van der Waals surface area contributed by atoms with Crippen molar-refractivity contribution in [3.8, 4) is 0 Å². The van der Waals surface area contributed by atoms with Gasteiger partial charge in [0.25, 0.3) is 5.91 Å². The predicted octanol–water partition coefficient (Wildman–Crippen LogP) is 1.58. The van der Waals surface area contributed by atoms with Crippen LogP contribution in [0.4, 0.5) is 5.82 Å². The smallest absolute Gasteiger partial charge is 0.271 e. The Morgan fingerprint density at radius 1 is 1.41 bits per heavy atom. The average molecular weight is 234 g/mol. The van der Waals surface area contributed by atoms with Crippen LogP contribution in [0.3, 0.4) is 0 Å². The van der Waals surface area contributed by atoms with Crippen LogP contribution in [0.15, 0.2) is 12.4 Å². The summed E-state index contributed by atoms with van der Waals surface area (Å²) in [5.74, 6) is 0.594. The van der Waals surface area contributed by atoms with E-state index in [9.17, 15) is 4.79 Å². The van der Waals surface area contributed by atoms with Gasteiger partial charge in [0.05, 0.1) is 12.4 Å². The quantitative estimate of drug-likeness (QED) is 0.811. The van der Waals surface area contributed by atoms with E-state index in [1.165, 1.54) is 12.6 Å². The summed E-state index contributed by atoms with van der Waals surface area (Å²) in [4.78, 5) is 20.0. The predicted molar refractivity (Wildman–Crippen MR) is 65.9 cm³/mol. The van der Waals surface area contributed by atoms with E-state index in [1.54, 1.807) is 6.20 Å². The molecule has 1 fully saturated rings. The number of amides is 1. The van der Waals surface area contributed by atoms with Gasteiger partial charge in [-0.3, -0.25) is 4.79 Å². The van der Waals surface area contributed by atoms with Gasteiger partial charge in [0.1, 0.15) is 11.5 Å². The van der Waals surface area contributed by atoms with E-state index in [2.05, 4.69) is 27.5 Å². The molecule has 1 aliphatic carbocycles. The second kappa shape index (κ2) is 5.61. The fourth-order valence-electron chi connectivity index (χ4n) is 1.60. The molecule has 1 aliphatic rings. The SMILES string of the molecule is CCCNc1cnc(C(=O)NC2CCC2)cn1. The largest absolute Gasteiger partial charge is 0.369 e. The van der Waals surface area contributed by atoms with Crippen LogP contribution >= 0.6 is 0 Å². The molecule has 5 heteroatoms.